The molecule has 0 amide bonds. The molecule has 1 aliphatic rings. The van der Waals surface area contributed by atoms with Crippen molar-refractivity contribution >= 4 is 43.2 Å². The van der Waals surface area contributed by atoms with Crippen LogP contribution >= 0.6 is 27.5 Å². The molecule has 2 atom stereocenters. The van der Waals surface area contributed by atoms with E-state index in [1.807, 2.05) is 13.8 Å². The van der Waals surface area contributed by atoms with Crippen LogP contribution in [0.1, 0.15) is 13.8 Å². The van der Waals surface area contributed by atoms with Gasteiger partial charge in [0.25, 0.3) is 0 Å². The molecule has 1 aromatic carbocycles. The Hall–Kier alpha value is -0.370. The SMILES string of the molecule is CC1CN(S(=O)(=O)c2cc(Cl)c(Br)c(N)c2F)CC1C. The smallest absolute Gasteiger partial charge is 0.246 e. The average Bonchev–Trinajstić information content (AvgIpc) is 2.72. The van der Waals surface area contributed by atoms with Gasteiger partial charge in [-0.05, 0) is 33.8 Å². The maximum atomic E-state index is 14.2. The Kier molecular flexibility index (Phi) is 4.35. The van der Waals surface area contributed by atoms with Gasteiger partial charge in [0.2, 0.25) is 10.0 Å². The molecule has 0 bridgehead atoms. The van der Waals surface area contributed by atoms with Gasteiger partial charge in [0, 0.05) is 13.1 Å². The number of nitrogens with zero attached hydrogens (tertiary/aromatic N) is 1. The Morgan fingerprint density at radius 1 is 1.40 bits per heavy atom. The zero-order valence-electron chi connectivity index (χ0n) is 11.0. The fourth-order valence-corrected chi connectivity index (χ4v) is 4.51. The van der Waals surface area contributed by atoms with E-state index in [9.17, 15) is 12.8 Å². The van der Waals surface area contributed by atoms with Crippen LogP contribution in [0.3, 0.4) is 0 Å². The molecule has 20 heavy (non-hydrogen) atoms. The highest BCUT2D eigenvalue weighted by Gasteiger charge is 2.37. The minimum atomic E-state index is -3.92. The lowest BCUT2D eigenvalue weighted by Crippen LogP contribution is -2.30. The Morgan fingerprint density at radius 2 is 1.90 bits per heavy atom. The monoisotopic (exact) mass is 384 g/mol. The summed E-state index contributed by atoms with van der Waals surface area (Å²) in [5.41, 5.74) is 5.25. The fraction of sp³-hybridized carbons (Fsp3) is 0.500. The normalized spacial score (nSPS) is 24.2. The van der Waals surface area contributed by atoms with Gasteiger partial charge < -0.3 is 5.73 Å². The number of nitrogens with two attached hydrogens (primary N) is 1. The molecule has 1 fully saturated rings. The van der Waals surface area contributed by atoms with Crippen LogP contribution in [0.2, 0.25) is 5.02 Å². The molecule has 4 nitrogen and oxygen atoms in total. The first kappa shape index (κ1) is 16.0. The summed E-state index contributed by atoms with van der Waals surface area (Å²) in [5.74, 6) is -0.499. The van der Waals surface area contributed by atoms with E-state index >= 15 is 0 Å². The molecule has 0 aliphatic carbocycles. The lowest BCUT2D eigenvalue weighted by molar-refractivity contribution is 0.457. The van der Waals surface area contributed by atoms with Gasteiger partial charge in [0.1, 0.15) is 4.90 Å². The molecule has 0 aromatic heterocycles. The standard InChI is InChI=1S/C12H15BrClFN2O2S/c1-6-4-17(5-7(6)2)20(18,19)9-3-8(14)10(13)12(16)11(9)15/h3,6-7H,4-5,16H2,1-2H3. The molecule has 1 aromatic rings. The van der Waals surface area contributed by atoms with Crippen molar-refractivity contribution in [3.63, 3.8) is 0 Å². The van der Waals surface area contributed by atoms with Crippen LogP contribution in [0.25, 0.3) is 0 Å². The Labute approximate surface area is 131 Å². The molecule has 0 spiro atoms. The van der Waals surface area contributed by atoms with Crippen LogP contribution in [0.4, 0.5) is 10.1 Å². The second-order valence-corrected chi connectivity index (χ2v) is 8.28. The third-order valence-corrected chi connectivity index (χ3v) is 6.94. The fourth-order valence-electron chi connectivity index (χ4n) is 2.20. The van der Waals surface area contributed by atoms with Crippen LogP contribution in [0.5, 0.6) is 0 Å². The highest BCUT2D eigenvalue weighted by atomic mass is 79.9. The second kappa shape index (κ2) is 5.44. The van der Waals surface area contributed by atoms with E-state index in [4.69, 9.17) is 17.3 Å². The minimum absolute atomic E-state index is 0.0720. The molecule has 1 aliphatic heterocycles. The van der Waals surface area contributed by atoms with Gasteiger partial charge in [0.05, 0.1) is 15.2 Å². The zero-order chi connectivity index (χ0) is 15.2. The van der Waals surface area contributed by atoms with Crippen LogP contribution < -0.4 is 5.73 Å². The lowest BCUT2D eigenvalue weighted by Gasteiger charge is -2.18. The number of benzene rings is 1. The Balaban J connectivity index is 2.51. The molecule has 1 saturated heterocycles. The van der Waals surface area contributed by atoms with Gasteiger partial charge >= 0.3 is 0 Å². The largest absolute Gasteiger partial charge is 0.395 e. The van der Waals surface area contributed by atoms with E-state index in [1.165, 1.54) is 4.31 Å². The van der Waals surface area contributed by atoms with E-state index in [1.54, 1.807) is 0 Å². The molecule has 2 N–H and O–H groups in total. The van der Waals surface area contributed by atoms with Gasteiger partial charge in [-0.2, -0.15) is 4.31 Å². The van der Waals surface area contributed by atoms with Crippen LogP contribution in [0, 0.1) is 17.7 Å². The first-order valence-electron chi connectivity index (χ1n) is 6.09. The van der Waals surface area contributed by atoms with Gasteiger partial charge in [-0.1, -0.05) is 25.4 Å². The quantitative estimate of drug-likeness (QED) is 0.628. The minimum Gasteiger partial charge on any atom is -0.395 e. The maximum absolute atomic E-state index is 14.2. The topological polar surface area (TPSA) is 63.4 Å². The summed E-state index contributed by atoms with van der Waals surface area (Å²) in [6.07, 6.45) is 0. The summed E-state index contributed by atoms with van der Waals surface area (Å²) >= 11 is 8.91. The Morgan fingerprint density at radius 3 is 2.40 bits per heavy atom. The number of rotatable bonds is 2. The number of nitrogen functional groups attached to an aromatic ring is 1. The van der Waals surface area contributed by atoms with Crippen molar-refractivity contribution in [1.29, 1.82) is 0 Å². The molecule has 1 heterocycles. The summed E-state index contributed by atoms with van der Waals surface area (Å²) in [4.78, 5) is -0.468. The Bertz CT molecular complexity index is 643. The molecular weight excluding hydrogens is 371 g/mol. The maximum Gasteiger partial charge on any atom is 0.246 e. The number of anilines is 1. The van der Waals surface area contributed by atoms with Crippen LogP contribution in [0.15, 0.2) is 15.4 Å². The predicted molar refractivity (Wildman–Crippen MR) is 80.6 cm³/mol. The summed E-state index contributed by atoms with van der Waals surface area (Å²) < 4.78 is 40.7. The first-order valence-corrected chi connectivity index (χ1v) is 8.70. The average molecular weight is 386 g/mol. The van der Waals surface area contributed by atoms with Crippen molar-refractivity contribution in [2.45, 2.75) is 18.7 Å². The van der Waals surface area contributed by atoms with Gasteiger partial charge in [-0.15, -0.1) is 0 Å². The van der Waals surface area contributed by atoms with E-state index in [0.29, 0.717) is 13.1 Å². The highest BCUT2D eigenvalue weighted by molar-refractivity contribution is 9.10. The van der Waals surface area contributed by atoms with E-state index in [2.05, 4.69) is 15.9 Å². The van der Waals surface area contributed by atoms with Crippen LogP contribution in [-0.2, 0) is 10.0 Å². The zero-order valence-corrected chi connectivity index (χ0v) is 14.2. The van der Waals surface area contributed by atoms with Gasteiger partial charge in [-0.25, -0.2) is 12.8 Å². The first-order chi connectivity index (χ1) is 9.16. The van der Waals surface area contributed by atoms with Crippen molar-refractivity contribution < 1.29 is 12.8 Å². The number of hydrogen-bond acceptors (Lipinski definition) is 3. The number of halogens is 3. The summed E-state index contributed by atoms with van der Waals surface area (Å²) in [7, 11) is -3.92. The van der Waals surface area contributed by atoms with E-state index in [-0.39, 0.29) is 27.0 Å². The van der Waals surface area contributed by atoms with E-state index < -0.39 is 20.7 Å². The molecule has 8 heteroatoms. The second-order valence-electron chi connectivity index (χ2n) is 5.17. The van der Waals surface area contributed by atoms with Gasteiger partial charge in [0.15, 0.2) is 5.82 Å². The third-order valence-electron chi connectivity index (χ3n) is 3.73. The van der Waals surface area contributed by atoms with Crippen molar-refractivity contribution in [2.75, 3.05) is 18.8 Å². The molecular formula is C12H15BrClFN2O2S. The van der Waals surface area contributed by atoms with Crippen molar-refractivity contribution in [3.05, 3.63) is 21.4 Å². The predicted octanol–water partition coefficient (Wildman–Crippen LogP) is 3.10. The molecule has 2 rings (SSSR count). The summed E-state index contributed by atoms with van der Waals surface area (Å²) in [6, 6.07) is 1.10. The highest BCUT2D eigenvalue weighted by Crippen LogP contribution is 2.37. The molecule has 0 saturated carbocycles. The van der Waals surface area contributed by atoms with Crippen molar-refractivity contribution in [3.8, 4) is 0 Å². The summed E-state index contributed by atoms with van der Waals surface area (Å²) in [5, 5.41) is 0.0720. The summed E-state index contributed by atoms with van der Waals surface area (Å²) in [6.45, 7) is 4.69. The van der Waals surface area contributed by atoms with Crippen molar-refractivity contribution in [1.82, 2.24) is 4.31 Å². The van der Waals surface area contributed by atoms with E-state index in [0.717, 1.165) is 6.07 Å². The lowest BCUT2D eigenvalue weighted by atomic mass is 10.0. The van der Waals surface area contributed by atoms with Crippen molar-refractivity contribution in [2.24, 2.45) is 11.8 Å². The number of hydrogen-bond donors (Lipinski definition) is 1. The number of sulfonamides is 1. The third kappa shape index (κ3) is 2.56. The van der Waals surface area contributed by atoms with Gasteiger partial charge in [-0.3, -0.25) is 0 Å². The molecule has 0 radical (unpaired) electrons. The van der Waals surface area contributed by atoms with Crippen LogP contribution in [-0.4, -0.2) is 25.8 Å². The molecule has 2 unspecified atom stereocenters. The molecule has 112 valence electrons.